The molecule has 5 rings (SSSR count). The minimum absolute atomic E-state index is 0.0396. The van der Waals surface area contributed by atoms with Gasteiger partial charge in [-0.3, -0.25) is 9.69 Å². The number of nitrogens with zero attached hydrogens (tertiary/aromatic N) is 3. The van der Waals surface area contributed by atoms with E-state index >= 15 is 0 Å². The molecule has 0 radical (unpaired) electrons. The second-order valence-electron chi connectivity index (χ2n) is 9.84. The van der Waals surface area contributed by atoms with Crippen LogP contribution in [0.3, 0.4) is 0 Å². The van der Waals surface area contributed by atoms with Gasteiger partial charge in [0.2, 0.25) is 11.9 Å². The molecule has 10 heteroatoms. The van der Waals surface area contributed by atoms with Crippen LogP contribution >= 0.6 is 0 Å². The zero-order valence-electron chi connectivity index (χ0n) is 20.2. The summed E-state index contributed by atoms with van der Waals surface area (Å²) in [6, 6.07) is 5.52. The van der Waals surface area contributed by atoms with Crippen LogP contribution in [0.25, 0.3) is 0 Å². The topological polar surface area (TPSA) is 69.7 Å². The fourth-order valence-electron chi connectivity index (χ4n) is 5.17. The van der Waals surface area contributed by atoms with E-state index in [1.807, 2.05) is 4.90 Å². The maximum Gasteiger partial charge on any atom is 0.236 e. The van der Waals surface area contributed by atoms with Crippen molar-refractivity contribution in [3.63, 3.8) is 0 Å². The lowest BCUT2D eigenvalue weighted by Crippen LogP contribution is -2.51. The molecule has 1 saturated carbocycles. The summed E-state index contributed by atoms with van der Waals surface area (Å²) in [5, 5.41) is 6.90. The number of carbonyl (C=O) groups excluding carboxylic acids is 1. The first-order chi connectivity index (χ1) is 17.5. The molecule has 36 heavy (non-hydrogen) atoms. The Morgan fingerprint density at radius 1 is 1.14 bits per heavy atom. The number of aromatic nitrogens is 1. The third-order valence-corrected chi connectivity index (χ3v) is 7.30. The monoisotopic (exact) mass is 503 g/mol. The molecule has 0 bridgehead atoms. The van der Waals surface area contributed by atoms with Crippen molar-refractivity contribution in [1.29, 1.82) is 0 Å². The molecule has 2 aromatic rings. The zero-order chi connectivity index (χ0) is 25.1. The fraction of sp³-hybridized carbons (Fsp3) is 0.538. The Bertz CT molecular complexity index is 1070. The summed E-state index contributed by atoms with van der Waals surface area (Å²) in [5.41, 5.74) is 0.661. The molecule has 2 atom stereocenters. The SMILES string of the molecule is O=C(CN1CCNCC1)N1CCC(NC2CC2c2cc(F)cc(F)c2OCc2cccnc2F)CC1. The second-order valence-corrected chi connectivity index (χ2v) is 9.84. The van der Waals surface area contributed by atoms with Gasteiger partial charge in [-0.15, -0.1) is 0 Å². The first-order valence-electron chi connectivity index (χ1n) is 12.7. The molecule has 3 fully saturated rings. The third kappa shape index (κ3) is 5.99. The van der Waals surface area contributed by atoms with Crippen LogP contribution in [-0.2, 0) is 11.4 Å². The molecule has 2 N–H and O–H groups in total. The maximum absolute atomic E-state index is 14.6. The number of halogens is 3. The van der Waals surface area contributed by atoms with Crippen molar-refractivity contribution in [2.24, 2.45) is 0 Å². The summed E-state index contributed by atoms with van der Waals surface area (Å²) in [6.07, 6.45) is 3.76. The summed E-state index contributed by atoms with van der Waals surface area (Å²) in [7, 11) is 0. The Labute approximate surface area is 209 Å². The van der Waals surface area contributed by atoms with Crippen LogP contribution in [0.1, 0.15) is 36.3 Å². The van der Waals surface area contributed by atoms with E-state index in [1.54, 1.807) is 6.07 Å². The molecule has 194 valence electrons. The number of hydrogen-bond acceptors (Lipinski definition) is 6. The van der Waals surface area contributed by atoms with Crippen molar-refractivity contribution in [2.45, 2.75) is 43.9 Å². The molecule has 2 aliphatic heterocycles. The fourth-order valence-corrected chi connectivity index (χ4v) is 5.17. The number of piperazine rings is 1. The summed E-state index contributed by atoms with van der Waals surface area (Å²) >= 11 is 0. The molecular formula is C26H32F3N5O2. The lowest BCUT2D eigenvalue weighted by molar-refractivity contribution is -0.133. The van der Waals surface area contributed by atoms with E-state index in [0.29, 0.717) is 25.2 Å². The van der Waals surface area contributed by atoms with Gasteiger partial charge in [0.15, 0.2) is 11.6 Å². The standard InChI is InChI=1S/C26H32F3N5O2/c27-18-12-21(25(22(28)13-18)36-16-17-2-1-5-31-26(17)29)20-14-23(20)32-19-3-8-34(9-4-19)24(35)15-33-10-6-30-7-11-33/h1-2,5,12-13,19-20,23,30,32H,3-4,6-11,14-16H2. The van der Waals surface area contributed by atoms with Gasteiger partial charge in [0.05, 0.1) is 6.54 Å². The quantitative estimate of drug-likeness (QED) is 0.540. The number of hydrogen-bond donors (Lipinski definition) is 2. The minimum atomic E-state index is -0.795. The van der Waals surface area contributed by atoms with Gasteiger partial charge in [0.25, 0.3) is 0 Å². The van der Waals surface area contributed by atoms with E-state index in [-0.39, 0.29) is 41.8 Å². The molecule has 7 nitrogen and oxygen atoms in total. The van der Waals surface area contributed by atoms with Crippen LogP contribution in [-0.4, -0.2) is 78.6 Å². The number of nitrogens with one attached hydrogen (secondary N) is 2. The predicted molar refractivity (Wildman–Crippen MR) is 128 cm³/mol. The number of ether oxygens (including phenoxy) is 1. The van der Waals surface area contributed by atoms with Crippen molar-refractivity contribution in [2.75, 3.05) is 45.8 Å². The molecule has 1 aliphatic carbocycles. The molecule has 1 aromatic heterocycles. The zero-order valence-corrected chi connectivity index (χ0v) is 20.2. The number of pyridine rings is 1. The number of piperidine rings is 1. The molecule has 2 saturated heterocycles. The van der Waals surface area contributed by atoms with Crippen LogP contribution < -0.4 is 15.4 Å². The van der Waals surface area contributed by atoms with E-state index in [2.05, 4.69) is 20.5 Å². The third-order valence-electron chi connectivity index (χ3n) is 7.30. The maximum atomic E-state index is 14.6. The summed E-state index contributed by atoms with van der Waals surface area (Å²) in [6.45, 7) is 5.34. The Kier molecular flexibility index (Phi) is 7.73. The summed E-state index contributed by atoms with van der Waals surface area (Å²) in [4.78, 5) is 20.4. The van der Waals surface area contributed by atoms with Gasteiger partial charge in [-0.05, 0) is 37.5 Å². The second kappa shape index (κ2) is 11.1. The molecule has 0 spiro atoms. The Balaban J connectivity index is 1.14. The van der Waals surface area contributed by atoms with E-state index in [4.69, 9.17) is 4.74 Å². The smallest absolute Gasteiger partial charge is 0.236 e. The van der Waals surface area contributed by atoms with Gasteiger partial charge < -0.3 is 20.3 Å². The van der Waals surface area contributed by atoms with Crippen LogP contribution in [0.2, 0.25) is 0 Å². The Morgan fingerprint density at radius 3 is 2.67 bits per heavy atom. The Morgan fingerprint density at radius 2 is 1.92 bits per heavy atom. The lowest BCUT2D eigenvalue weighted by atomic mass is 10.0. The van der Waals surface area contributed by atoms with Crippen molar-refractivity contribution in [1.82, 2.24) is 25.4 Å². The van der Waals surface area contributed by atoms with Gasteiger partial charge in [-0.25, -0.2) is 13.8 Å². The van der Waals surface area contributed by atoms with E-state index in [9.17, 15) is 18.0 Å². The van der Waals surface area contributed by atoms with Crippen molar-refractivity contribution >= 4 is 5.91 Å². The number of carbonyl (C=O) groups is 1. The van der Waals surface area contributed by atoms with Gasteiger partial charge in [-0.2, -0.15) is 4.39 Å². The van der Waals surface area contributed by atoms with Gasteiger partial charge in [0, 0.05) is 80.7 Å². The van der Waals surface area contributed by atoms with E-state index < -0.39 is 17.6 Å². The largest absolute Gasteiger partial charge is 0.485 e. The highest BCUT2D eigenvalue weighted by Crippen LogP contribution is 2.46. The molecular weight excluding hydrogens is 471 g/mol. The van der Waals surface area contributed by atoms with E-state index in [1.165, 1.54) is 18.3 Å². The molecule has 2 unspecified atom stereocenters. The average molecular weight is 504 g/mol. The number of benzene rings is 1. The lowest BCUT2D eigenvalue weighted by Gasteiger charge is -2.35. The first kappa shape index (κ1) is 25.0. The van der Waals surface area contributed by atoms with Crippen molar-refractivity contribution in [3.8, 4) is 5.75 Å². The number of likely N-dealkylation sites (tertiary alicyclic amines) is 1. The van der Waals surface area contributed by atoms with Crippen molar-refractivity contribution < 1.29 is 22.7 Å². The van der Waals surface area contributed by atoms with Gasteiger partial charge in [-0.1, -0.05) is 0 Å². The van der Waals surface area contributed by atoms with Crippen LogP contribution in [0, 0.1) is 17.6 Å². The normalized spacial score (nSPS) is 23.0. The Hall–Kier alpha value is -2.69. The number of amides is 1. The highest BCUT2D eigenvalue weighted by Gasteiger charge is 2.42. The van der Waals surface area contributed by atoms with Crippen LogP contribution in [0.5, 0.6) is 5.75 Å². The highest BCUT2D eigenvalue weighted by molar-refractivity contribution is 5.78. The first-order valence-corrected chi connectivity index (χ1v) is 12.7. The molecule has 3 aliphatic rings. The average Bonchev–Trinajstić information content (AvgIpc) is 3.64. The van der Waals surface area contributed by atoms with E-state index in [0.717, 1.165) is 51.5 Å². The molecule has 1 aromatic carbocycles. The highest BCUT2D eigenvalue weighted by atomic mass is 19.1. The molecule has 1 amide bonds. The van der Waals surface area contributed by atoms with Gasteiger partial charge >= 0.3 is 0 Å². The minimum Gasteiger partial charge on any atom is -0.485 e. The summed E-state index contributed by atoms with van der Waals surface area (Å²) < 4.78 is 48.2. The van der Waals surface area contributed by atoms with Gasteiger partial charge in [0.1, 0.15) is 12.4 Å². The number of rotatable bonds is 8. The van der Waals surface area contributed by atoms with Crippen LogP contribution in [0.15, 0.2) is 30.5 Å². The van der Waals surface area contributed by atoms with Crippen molar-refractivity contribution in [3.05, 3.63) is 59.2 Å². The van der Waals surface area contributed by atoms with Crippen LogP contribution in [0.4, 0.5) is 13.2 Å². The predicted octanol–water partition coefficient (Wildman–Crippen LogP) is 2.42. The molecule has 3 heterocycles. The summed E-state index contributed by atoms with van der Waals surface area (Å²) in [5.74, 6) is -2.08.